The zero-order chi connectivity index (χ0) is 18.2. The van der Waals surface area contributed by atoms with Crippen LogP contribution < -0.4 is 5.32 Å². The number of nitrogens with one attached hydrogen (secondary N) is 1. The number of rotatable bonds is 8. The van der Waals surface area contributed by atoms with E-state index < -0.39 is 0 Å². The minimum absolute atomic E-state index is 0.0987. The molecule has 1 heterocycles. The molecule has 25 heavy (non-hydrogen) atoms. The topological polar surface area (TPSA) is 73.2 Å². The van der Waals surface area contributed by atoms with Crippen LogP contribution in [0.25, 0.3) is 5.69 Å². The fourth-order valence-corrected chi connectivity index (χ4v) is 4.19. The number of aryl methyl sites for hydroxylation is 1. The number of thioether (sulfide) groups is 1. The molecule has 0 fully saturated rings. The summed E-state index contributed by atoms with van der Waals surface area (Å²) in [5.74, 6) is -0.113. The molecule has 0 spiro atoms. The van der Waals surface area contributed by atoms with E-state index in [1.165, 1.54) is 30.2 Å². The summed E-state index contributed by atoms with van der Waals surface area (Å²) in [6.45, 7) is 2.45. The number of hydrogen-bond donors (Lipinski definition) is 1. The van der Waals surface area contributed by atoms with E-state index in [-0.39, 0.29) is 17.6 Å². The fourth-order valence-electron chi connectivity index (χ4n) is 2.01. The van der Waals surface area contributed by atoms with Gasteiger partial charge >= 0.3 is 5.97 Å². The van der Waals surface area contributed by atoms with Crippen molar-refractivity contribution in [3.63, 3.8) is 0 Å². The van der Waals surface area contributed by atoms with Gasteiger partial charge in [0.05, 0.1) is 18.6 Å². The van der Waals surface area contributed by atoms with Crippen LogP contribution in [0.15, 0.2) is 28.6 Å². The molecule has 0 saturated carbocycles. The van der Waals surface area contributed by atoms with Gasteiger partial charge in [-0.05, 0) is 37.2 Å². The molecule has 0 bridgehead atoms. The fraction of sp³-hybridized carbons (Fsp3) is 0.375. The van der Waals surface area contributed by atoms with Crippen LogP contribution in [-0.4, -0.2) is 41.1 Å². The zero-order valence-corrected chi connectivity index (χ0v) is 16.4. The Bertz CT molecular complexity index is 801. The molecule has 1 N–H and O–H groups in total. The van der Waals surface area contributed by atoms with Gasteiger partial charge in [0.15, 0.2) is 8.29 Å². The highest BCUT2D eigenvalue weighted by Gasteiger charge is 2.10. The van der Waals surface area contributed by atoms with Gasteiger partial charge in [0.1, 0.15) is 0 Å². The number of ether oxygens (including phenoxy) is 1. The number of benzene rings is 1. The number of nitrogens with zero attached hydrogens (tertiary/aromatic N) is 2. The number of methoxy groups -OCH3 is 1. The molecular weight excluding hydrogens is 378 g/mol. The minimum atomic E-state index is -0.273. The molecule has 0 saturated heterocycles. The average molecular weight is 398 g/mol. The molecule has 1 aromatic carbocycles. The molecular formula is C16H19N3O3S3. The summed E-state index contributed by atoms with van der Waals surface area (Å²) < 4.78 is 7.67. The zero-order valence-electron chi connectivity index (χ0n) is 14.0. The van der Waals surface area contributed by atoms with E-state index >= 15 is 0 Å². The Morgan fingerprint density at radius 3 is 2.88 bits per heavy atom. The first-order valence-electron chi connectivity index (χ1n) is 7.63. The van der Waals surface area contributed by atoms with Gasteiger partial charge in [-0.2, -0.15) is 0 Å². The molecule has 134 valence electrons. The lowest BCUT2D eigenvalue weighted by Crippen LogP contribution is -2.26. The number of para-hydroxylation sites is 1. The molecule has 0 unspecified atom stereocenters. The molecule has 2 rings (SSSR count). The standard InChI is InChI=1S/C16H19N3O3S3/c1-11-6-3-4-7-12(11)19-16(23)25-15(18-19)24-10-13(20)17-9-5-8-14(21)22-2/h3-4,6-7H,5,8-10H2,1-2H3,(H,17,20). The highest BCUT2D eigenvalue weighted by atomic mass is 32.2. The lowest BCUT2D eigenvalue weighted by Gasteiger charge is -2.04. The van der Waals surface area contributed by atoms with Gasteiger partial charge in [-0.25, -0.2) is 4.68 Å². The molecule has 0 aliphatic carbocycles. The van der Waals surface area contributed by atoms with Crippen molar-refractivity contribution >= 4 is 47.2 Å². The third-order valence-corrected chi connectivity index (χ3v) is 5.67. The predicted octanol–water partition coefficient (Wildman–Crippen LogP) is 3.13. The molecule has 0 atom stereocenters. The maximum absolute atomic E-state index is 11.8. The van der Waals surface area contributed by atoms with Crippen LogP contribution in [0.4, 0.5) is 0 Å². The number of esters is 1. The highest BCUT2D eigenvalue weighted by molar-refractivity contribution is 8.01. The number of carbonyl (C=O) groups is 2. The Balaban J connectivity index is 1.85. The molecule has 6 nitrogen and oxygen atoms in total. The molecule has 0 aliphatic heterocycles. The molecule has 1 aromatic heterocycles. The van der Waals surface area contributed by atoms with E-state index in [2.05, 4.69) is 15.2 Å². The van der Waals surface area contributed by atoms with Gasteiger partial charge in [0, 0.05) is 13.0 Å². The summed E-state index contributed by atoms with van der Waals surface area (Å²) >= 11 is 8.11. The van der Waals surface area contributed by atoms with E-state index in [0.29, 0.717) is 23.3 Å². The molecule has 0 radical (unpaired) electrons. The maximum atomic E-state index is 11.8. The summed E-state index contributed by atoms with van der Waals surface area (Å²) in [6.07, 6.45) is 0.857. The van der Waals surface area contributed by atoms with Crippen LogP contribution in [0, 0.1) is 10.9 Å². The minimum Gasteiger partial charge on any atom is -0.469 e. The Labute approximate surface area is 159 Å². The van der Waals surface area contributed by atoms with Gasteiger partial charge in [0.2, 0.25) is 5.91 Å². The van der Waals surface area contributed by atoms with E-state index in [1.807, 2.05) is 31.2 Å². The third kappa shape index (κ3) is 5.94. The SMILES string of the molecule is COC(=O)CCCNC(=O)CSc1nn(-c2ccccc2C)c(=S)s1. The molecule has 0 aliphatic rings. The van der Waals surface area contributed by atoms with Gasteiger partial charge in [-0.3, -0.25) is 9.59 Å². The number of aromatic nitrogens is 2. The summed E-state index contributed by atoms with van der Waals surface area (Å²) in [4.78, 5) is 22.8. The summed E-state index contributed by atoms with van der Waals surface area (Å²) in [7, 11) is 1.35. The van der Waals surface area contributed by atoms with Crippen molar-refractivity contribution in [1.29, 1.82) is 0 Å². The van der Waals surface area contributed by atoms with E-state index in [1.54, 1.807) is 4.68 Å². The van der Waals surface area contributed by atoms with Crippen molar-refractivity contribution in [2.45, 2.75) is 24.1 Å². The number of hydrogen-bond acceptors (Lipinski definition) is 7. The second-order valence-electron chi connectivity index (χ2n) is 5.15. The van der Waals surface area contributed by atoms with Crippen molar-refractivity contribution in [1.82, 2.24) is 15.1 Å². The first-order chi connectivity index (χ1) is 12.0. The van der Waals surface area contributed by atoms with E-state index in [0.717, 1.165) is 15.6 Å². The molecule has 2 aromatic rings. The van der Waals surface area contributed by atoms with Crippen molar-refractivity contribution in [2.24, 2.45) is 0 Å². The van der Waals surface area contributed by atoms with Gasteiger partial charge in [-0.1, -0.05) is 41.3 Å². The Kier molecular flexibility index (Phi) is 7.60. The third-order valence-electron chi connectivity index (χ3n) is 3.31. The lowest BCUT2D eigenvalue weighted by atomic mass is 10.2. The van der Waals surface area contributed by atoms with Crippen molar-refractivity contribution in [3.8, 4) is 5.69 Å². The first-order valence-corrected chi connectivity index (χ1v) is 9.84. The van der Waals surface area contributed by atoms with Crippen molar-refractivity contribution < 1.29 is 14.3 Å². The Hall–Kier alpha value is -1.71. The van der Waals surface area contributed by atoms with Crippen molar-refractivity contribution in [3.05, 3.63) is 33.8 Å². The van der Waals surface area contributed by atoms with Gasteiger partial charge in [0.25, 0.3) is 0 Å². The largest absolute Gasteiger partial charge is 0.469 e. The van der Waals surface area contributed by atoms with Gasteiger partial charge < -0.3 is 10.1 Å². The average Bonchev–Trinajstić information content (AvgIpc) is 2.97. The van der Waals surface area contributed by atoms with Crippen LogP contribution in [0.1, 0.15) is 18.4 Å². The van der Waals surface area contributed by atoms with Crippen LogP contribution in [0.3, 0.4) is 0 Å². The second-order valence-corrected chi connectivity index (χ2v) is 8.00. The summed E-state index contributed by atoms with van der Waals surface area (Å²) in [6, 6.07) is 7.88. The Morgan fingerprint density at radius 2 is 2.16 bits per heavy atom. The van der Waals surface area contributed by atoms with Crippen LogP contribution in [0.5, 0.6) is 0 Å². The quantitative estimate of drug-likeness (QED) is 0.319. The summed E-state index contributed by atoms with van der Waals surface area (Å²) in [5, 5.41) is 7.27. The molecule has 1 amide bonds. The van der Waals surface area contributed by atoms with Crippen LogP contribution >= 0.6 is 35.3 Å². The molecule has 9 heteroatoms. The highest BCUT2D eigenvalue weighted by Crippen LogP contribution is 2.24. The monoisotopic (exact) mass is 397 g/mol. The van der Waals surface area contributed by atoms with Crippen LogP contribution in [0.2, 0.25) is 0 Å². The predicted molar refractivity (Wildman–Crippen MR) is 102 cm³/mol. The first kappa shape index (κ1) is 19.6. The summed E-state index contributed by atoms with van der Waals surface area (Å²) in [5.41, 5.74) is 2.03. The second kappa shape index (κ2) is 9.69. The van der Waals surface area contributed by atoms with E-state index in [4.69, 9.17) is 12.2 Å². The van der Waals surface area contributed by atoms with Crippen LogP contribution in [-0.2, 0) is 14.3 Å². The Morgan fingerprint density at radius 1 is 1.40 bits per heavy atom. The smallest absolute Gasteiger partial charge is 0.305 e. The van der Waals surface area contributed by atoms with Gasteiger partial charge in [-0.15, -0.1) is 5.10 Å². The normalized spacial score (nSPS) is 10.5. The number of carbonyl (C=O) groups excluding carboxylic acids is 2. The van der Waals surface area contributed by atoms with E-state index in [9.17, 15) is 9.59 Å². The lowest BCUT2D eigenvalue weighted by molar-refractivity contribution is -0.140. The van der Waals surface area contributed by atoms with Crippen molar-refractivity contribution in [2.75, 3.05) is 19.4 Å². The number of amides is 1. The maximum Gasteiger partial charge on any atom is 0.305 e.